The highest BCUT2D eigenvalue weighted by Gasteiger charge is 2.11. The van der Waals surface area contributed by atoms with E-state index in [-0.39, 0.29) is 31.6 Å². The molecule has 0 saturated carbocycles. The van der Waals surface area contributed by atoms with Crippen LogP contribution in [0.3, 0.4) is 0 Å². The lowest BCUT2D eigenvalue weighted by molar-refractivity contribution is -0.152. The molecule has 0 heterocycles. The molecule has 0 aromatic rings. The highest BCUT2D eigenvalue weighted by molar-refractivity contribution is 5.70. The summed E-state index contributed by atoms with van der Waals surface area (Å²) in [5.41, 5.74) is 0. The van der Waals surface area contributed by atoms with Crippen LogP contribution >= 0.6 is 0 Å². The van der Waals surface area contributed by atoms with Gasteiger partial charge in [-0.25, -0.2) is 0 Å². The first kappa shape index (κ1) is 41.3. The second-order valence-electron chi connectivity index (χ2n) is 11.6. The number of ether oxygens (including phenoxy) is 2. The molecule has 6 nitrogen and oxygen atoms in total. The second-order valence-corrected chi connectivity index (χ2v) is 11.6. The Morgan fingerprint density at radius 2 is 1.18 bits per heavy atom. The Kier molecular flexibility index (Phi) is 29.8. The monoisotopic (exact) mass is 614 g/mol. The summed E-state index contributed by atoms with van der Waals surface area (Å²) in [6, 6.07) is 0. The summed E-state index contributed by atoms with van der Waals surface area (Å²) in [4.78, 5) is 23.7. The lowest BCUT2D eigenvalue weighted by Gasteiger charge is -2.12. The van der Waals surface area contributed by atoms with Crippen LogP contribution in [0.1, 0.15) is 124 Å². The first-order valence-corrected chi connectivity index (χ1v) is 17.0. The Labute approximate surface area is 268 Å². The maximum absolute atomic E-state index is 11.9. The van der Waals surface area contributed by atoms with Crippen molar-refractivity contribution in [1.29, 1.82) is 0 Å². The average molecular weight is 615 g/mol. The van der Waals surface area contributed by atoms with E-state index in [0.717, 1.165) is 50.9 Å². The van der Waals surface area contributed by atoms with Crippen LogP contribution < -0.4 is 0 Å². The van der Waals surface area contributed by atoms with E-state index in [4.69, 9.17) is 9.47 Å². The number of carbonyl (C=O) groups is 2. The van der Waals surface area contributed by atoms with Crippen LogP contribution in [0, 0.1) is 5.92 Å². The molecule has 0 bridgehead atoms. The van der Waals surface area contributed by atoms with Gasteiger partial charge in [-0.1, -0.05) is 139 Å². The third kappa shape index (κ3) is 32.2. The number of esters is 2. The fourth-order valence-electron chi connectivity index (χ4n) is 4.14. The molecule has 0 radical (unpaired) electrons. The van der Waals surface area contributed by atoms with Crippen molar-refractivity contribution >= 4 is 11.9 Å². The summed E-state index contributed by atoms with van der Waals surface area (Å²) in [6.07, 6.45) is 37.3. The molecular formula is C38H62O6. The smallest absolute Gasteiger partial charge is 0.306 e. The van der Waals surface area contributed by atoms with E-state index < -0.39 is 12.2 Å². The number of hydrogen-bond acceptors (Lipinski definition) is 6. The van der Waals surface area contributed by atoms with Gasteiger partial charge in [0.25, 0.3) is 0 Å². The van der Waals surface area contributed by atoms with E-state index in [0.29, 0.717) is 19.3 Å². The van der Waals surface area contributed by atoms with Crippen LogP contribution in [0.2, 0.25) is 0 Å². The zero-order valence-corrected chi connectivity index (χ0v) is 27.9. The van der Waals surface area contributed by atoms with Gasteiger partial charge in [0.05, 0.1) is 6.10 Å². The molecule has 0 spiro atoms. The van der Waals surface area contributed by atoms with Gasteiger partial charge in [0, 0.05) is 12.8 Å². The number of rotatable bonds is 28. The minimum absolute atomic E-state index is 0.153. The lowest BCUT2D eigenvalue weighted by atomic mass is 10.0. The summed E-state index contributed by atoms with van der Waals surface area (Å²) in [7, 11) is 0. The van der Waals surface area contributed by atoms with Crippen molar-refractivity contribution in [1.82, 2.24) is 0 Å². The topological polar surface area (TPSA) is 93.1 Å². The van der Waals surface area contributed by atoms with Gasteiger partial charge in [-0.2, -0.15) is 0 Å². The summed E-state index contributed by atoms with van der Waals surface area (Å²) in [5, 5.41) is 19.7. The summed E-state index contributed by atoms with van der Waals surface area (Å²) < 4.78 is 10.2. The molecule has 44 heavy (non-hydrogen) atoms. The number of allylic oxidation sites excluding steroid dienone is 10. The van der Waals surface area contributed by atoms with Crippen molar-refractivity contribution in [3.63, 3.8) is 0 Å². The van der Waals surface area contributed by atoms with Crippen molar-refractivity contribution in [3.05, 3.63) is 72.9 Å². The van der Waals surface area contributed by atoms with Crippen molar-refractivity contribution < 1.29 is 29.3 Å². The number of hydrogen-bond donors (Lipinski definition) is 2. The minimum atomic E-state index is -1.01. The molecule has 0 aromatic carbocycles. The van der Waals surface area contributed by atoms with Crippen molar-refractivity contribution in [3.8, 4) is 0 Å². The summed E-state index contributed by atoms with van der Waals surface area (Å²) in [6.45, 7) is 6.27. The van der Waals surface area contributed by atoms with E-state index in [1.807, 2.05) is 30.4 Å². The Bertz CT molecular complexity index is 865. The van der Waals surface area contributed by atoms with Crippen LogP contribution in [0.4, 0.5) is 0 Å². The predicted octanol–water partition coefficient (Wildman–Crippen LogP) is 9.05. The average Bonchev–Trinajstić information content (AvgIpc) is 3.00. The molecule has 6 heteroatoms. The van der Waals surface area contributed by atoms with Gasteiger partial charge in [-0.05, 0) is 50.9 Å². The van der Waals surface area contributed by atoms with Gasteiger partial charge in [-0.15, -0.1) is 0 Å². The van der Waals surface area contributed by atoms with Gasteiger partial charge in [0.2, 0.25) is 0 Å². The third-order valence-electron chi connectivity index (χ3n) is 6.73. The molecule has 0 amide bonds. The maximum atomic E-state index is 11.9. The first-order chi connectivity index (χ1) is 21.3. The molecule has 0 aliphatic rings. The third-order valence-corrected chi connectivity index (χ3v) is 6.73. The zero-order chi connectivity index (χ0) is 32.5. The van der Waals surface area contributed by atoms with Crippen molar-refractivity contribution in [2.75, 3.05) is 13.2 Å². The van der Waals surface area contributed by atoms with E-state index >= 15 is 0 Å². The zero-order valence-electron chi connectivity index (χ0n) is 27.9. The lowest BCUT2D eigenvalue weighted by Crippen LogP contribution is -2.25. The van der Waals surface area contributed by atoms with Gasteiger partial charge >= 0.3 is 11.9 Å². The molecule has 0 rings (SSSR count). The molecule has 250 valence electrons. The Hall–Kier alpha value is -2.70. The first-order valence-electron chi connectivity index (χ1n) is 17.0. The molecule has 2 N–H and O–H groups in total. The largest absolute Gasteiger partial charge is 0.463 e. The number of carbonyl (C=O) groups excluding carboxylic acids is 2. The SMILES string of the molecule is CC/C=C\CC(O)/C=C/C=C/C/C=C\C/C=C\C/C=C\CCC(=O)OC[C@H](O)COC(=O)CCCCCCCCCC(C)C. The Balaban J connectivity index is 3.70. The van der Waals surface area contributed by atoms with Gasteiger partial charge in [0.1, 0.15) is 19.3 Å². The fraction of sp³-hybridized carbons (Fsp3) is 0.632. The minimum Gasteiger partial charge on any atom is -0.463 e. The molecule has 0 aliphatic heterocycles. The van der Waals surface area contributed by atoms with E-state index in [2.05, 4.69) is 57.2 Å². The summed E-state index contributed by atoms with van der Waals surface area (Å²) in [5.74, 6) is 0.0908. The molecule has 2 atom stereocenters. The number of aliphatic hydroxyl groups excluding tert-OH is 2. The Morgan fingerprint density at radius 3 is 1.80 bits per heavy atom. The molecular weight excluding hydrogens is 552 g/mol. The van der Waals surface area contributed by atoms with E-state index in [9.17, 15) is 19.8 Å². The van der Waals surface area contributed by atoms with Crippen LogP contribution in [-0.4, -0.2) is 47.6 Å². The highest BCUT2D eigenvalue weighted by Crippen LogP contribution is 2.13. The van der Waals surface area contributed by atoms with Crippen molar-refractivity contribution in [2.24, 2.45) is 5.92 Å². The van der Waals surface area contributed by atoms with Crippen LogP contribution in [-0.2, 0) is 19.1 Å². The molecule has 1 unspecified atom stereocenters. The van der Waals surface area contributed by atoms with Gasteiger partial charge < -0.3 is 19.7 Å². The quantitative estimate of drug-likeness (QED) is 0.0395. The summed E-state index contributed by atoms with van der Waals surface area (Å²) >= 11 is 0. The van der Waals surface area contributed by atoms with Crippen LogP contribution in [0.25, 0.3) is 0 Å². The molecule has 0 aliphatic carbocycles. The fourth-order valence-corrected chi connectivity index (χ4v) is 4.14. The highest BCUT2D eigenvalue weighted by atomic mass is 16.6. The van der Waals surface area contributed by atoms with Gasteiger partial charge in [-0.3, -0.25) is 9.59 Å². The van der Waals surface area contributed by atoms with Crippen LogP contribution in [0.5, 0.6) is 0 Å². The number of aliphatic hydroxyl groups is 2. The normalized spacial score (nSPS) is 14.0. The molecule has 0 saturated heterocycles. The maximum Gasteiger partial charge on any atom is 0.306 e. The van der Waals surface area contributed by atoms with E-state index in [1.165, 1.54) is 32.1 Å². The van der Waals surface area contributed by atoms with Gasteiger partial charge in [0.15, 0.2) is 0 Å². The Morgan fingerprint density at radius 1 is 0.636 bits per heavy atom. The molecule has 0 fully saturated rings. The van der Waals surface area contributed by atoms with Crippen molar-refractivity contribution in [2.45, 2.75) is 136 Å². The van der Waals surface area contributed by atoms with Crippen LogP contribution in [0.15, 0.2) is 72.9 Å². The number of unbranched alkanes of at least 4 members (excludes halogenated alkanes) is 6. The standard InChI is InChI=1S/C38H62O6/c1-4-5-22-28-35(39)29-24-19-15-11-9-7-6-8-10-12-16-20-25-30-37(41)43-32-36(40)33-44-38(42)31-26-21-17-13-14-18-23-27-34(2)3/h5,7-10,15-16,19-20,22,24,29,34-36,39-40H,4,6,11-14,17-18,21,23,25-28,30-33H2,1-3H3/b9-7-,10-8-,19-15+,20-16-,22-5-,29-24+/t35?,36-/m0/s1. The predicted molar refractivity (Wildman–Crippen MR) is 183 cm³/mol. The second kappa shape index (κ2) is 31.7. The van der Waals surface area contributed by atoms with E-state index in [1.54, 1.807) is 6.08 Å². The molecule has 0 aromatic heterocycles.